The molecule has 0 spiro atoms. The maximum atomic E-state index is 12.5. The molecule has 1 aliphatic heterocycles. The highest BCUT2D eigenvalue weighted by molar-refractivity contribution is 5.97. The Bertz CT molecular complexity index is 491. The standard InChI is InChI=1S/C13H19N3O3/c1-4-13(5-2)12(18)16(8-11(17)14-13)7-10-6-9(3)15-19-10/h6H,4-5,7-8H2,1-3H3,(H,14,17). The van der Waals surface area contributed by atoms with Gasteiger partial charge >= 0.3 is 0 Å². The molecule has 0 unspecified atom stereocenters. The predicted octanol–water partition coefficient (Wildman–Crippen LogP) is 1.00. The third-order valence-corrected chi connectivity index (χ3v) is 3.64. The first-order chi connectivity index (χ1) is 9.00. The van der Waals surface area contributed by atoms with Crippen molar-refractivity contribution in [3.05, 3.63) is 17.5 Å². The zero-order chi connectivity index (χ0) is 14.0. The third-order valence-electron chi connectivity index (χ3n) is 3.64. The first kappa shape index (κ1) is 13.6. The maximum Gasteiger partial charge on any atom is 0.249 e. The lowest BCUT2D eigenvalue weighted by atomic mass is 9.89. The molecule has 2 amide bonds. The molecule has 0 saturated carbocycles. The van der Waals surface area contributed by atoms with Gasteiger partial charge in [0.25, 0.3) is 0 Å². The lowest BCUT2D eigenvalue weighted by Gasteiger charge is -2.40. The minimum atomic E-state index is -0.773. The normalized spacial score (nSPS) is 18.6. The van der Waals surface area contributed by atoms with Crippen molar-refractivity contribution in [2.45, 2.75) is 45.7 Å². The lowest BCUT2D eigenvalue weighted by molar-refractivity contribution is -0.151. The molecule has 0 atom stereocenters. The smallest absolute Gasteiger partial charge is 0.249 e. The van der Waals surface area contributed by atoms with E-state index < -0.39 is 5.54 Å². The van der Waals surface area contributed by atoms with Gasteiger partial charge in [0.2, 0.25) is 11.8 Å². The molecule has 2 heterocycles. The molecule has 2 rings (SSSR count). The first-order valence-electron chi connectivity index (χ1n) is 6.53. The Morgan fingerprint density at radius 2 is 2.11 bits per heavy atom. The highest BCUT2D eigenvalue weighted by Gasteiger charge is 2.44. The second kappa shape index (κ2) is 5.03. The molecule has 6 heteroatoms. The van der Waals surface area contributed by atoms with Crippen molar-refractivity contribution < 1.29 is 14.1 Å². The van der Waals surface area contributed by atoms with E-state index in [-0.39, 0.29) is 24.9 Å². The zero-order valence-electron chi connectivity index (χ0n) is 11.5. The van der Waals surface area contributed by atoms with Gasteiger partial charge in [-0.15, -0.1) is 0 Å². The van der Waals surface area contributed by atoms with Crippen molar-refractivity contribution in [1.29, 1.82) is 0 Å². The minimum Gasteiger partial charge on any atom is -0.359 e. The Morgan fingerprint density at radius 3 is 2.63 bits per heavy atom. The largest absolute Gasteiger partial charge is 0.359 e. The molecule has 1 aliphatic rings. The second-order valence-electron chi connectivity index (χ2n) is 4.93. The van der Waals surface area contributed by atoms with Crippen LogP contribution in [0.3, 0.4) is 0 Å². The summed E-state index contributed by atoms with van der Waals surface area (Å²) >= 11 is 0. The summed E-state index contributed by atoms with van der Waals surface area (Å²) < 4.78 is 5.11. The summed E-state index contributed by atoms with van der Waals surface area (Å²) in [7, 11) is 0. The molecule has 1 saturated heterocycles. The van der Waals surface area contributed by atoms with E-state index >= 15 is 0 Å². The predicted molar refractivity (Wildman–Crippen MR) is 68.1 cm³/mol. The summed E-state index contributed by atoms with van der Waals surface area (Å²) in [5.74, 6) is 0.423. The van der Waals surface area contributed by atoms with Crippen molar-refractivity contribution in [2.24, 2.45) is 0 Å². The van der Waals surface area contributed by atoms with Gasteiger partial charge in [-0.3, -0.25) is 9.59 Å². The molecular weight excluding hydrogens is 246 g/mol. The van der Waals surface area contributed by atoms with Gasteiger partial charge in [-0.2, -0.15) is 0 Å². The topological polar surface area (TPSA) is 75.4 Å². The molecule has 0 radical (unpaired) electrons. The molecule has 0 bridgehead atoms. The molecule has 1 aromatic heterocycles. The average Bonchev–Trinajstić information content (AvgIpc) is 2.79. The van der Waals surface area contributed by atoms with Crippen LogP contribution < -0.4 is 5.32 Å². The van der Waals surface area contributed by atoms with Crippen molar-refractivity contribution in [3.63, 3.8) is 0 Å². The van der Waals surface area contributed by atoms with E-state index in [1.807, 2.05) is 20.8 Å². The number of rotatable bonds is 4. The van der Waals surface area contributed by atoms with Gasteiger partial charge in [-0.05, 0) is 19.8 Å². The van der Waals surface area contributed by atoms with Crippen molar-refractivity contribution in [2.75, 3.05) is 6.54 Å². The van der Waals surface area contributed by atoms with Gasteiger partial charge in [0, 0.05) is 6.07 Å². The Kier molecular flexibility index (Phi) is 3.59. The average molecular weight is 265 g/mol. The molecule has 0 aliphatic carbocycles. The summed E-state index contributed by atoms with van der Waals surface area (Å²) in [4.78, 5) is 25.8. The lowest BCUT2D eigenvalue weighted by Crippen LogP contribution is -2.65. The van der Waals surface area contributed by atoms with Crippen LogP contribution >= 0.6 is 0 Å². The second-order valence-corrected chi connectivity index (χ2v) is 4.93. The maximum absolute atomic E-state index is 12.5. The van der Waals surface area contributed by atoms with Gasteiger partial charge in [0.1, 0.15) is 12.1 Å². The van der Waals surface area contributed by atoms with Gasteiger partial charge in [0.05, 0.1) is 12.2 Å². The van der Waals surface area contributed by atoms with Crippen LogP contribution in [0.1, 0.15) is 38.1 Å². The number of amides is 2. The van der Waals surface area contributed by atoms with Gasteiger partial charge in [-0.1, -0.05) is 19.0 Å². The SMILES string of the molecule is CCC1(CC)NC(=O)CN(Cc2cc(C)no2)C1=O. The van der Waals surface area contributed by atoms with Crippen LogP contribution in [0.15, 0.2) is 10.6 Å². The number of nitrogens with one attached hydrogen (secondary N) is 1. The van der Waals surface area contributed by atoms with E-state index in [1.54, 1.807) is 6.07 Å². The highest BCUT2D eigenvalue weighted by Crippen LogP contribution is 2.23. The molecule has 1 aromatic rings. The first-order valence-corrected chi connectivity index (χ1v) is 6.53. The summed E-state index contributed by atoms with van der Waals surface area (Å²) in [6.45, 7) is 5.99. The number of piperazine rings is 1. The van der Waals surface area contributed by atoms with Crippen molar-refractivity contribution in [3.8, 4) is 0 Å². The number of hydrogen-bond donors (Lipinski definition) is 1. The van der Waals surface area contributed by atoms with Crippen LogP contribution in [0.25, 0.3) is 0 Å². The van der Waals surface area contributed by atoms with E-state index in [4.69, 9.17) is 4.52 Å². The van der Waals surface area contributed by atoms with E-state index in [1.165, 1.54) is 4.90 Å². The van der Waals surface area contributed by atoms with Crippen LogP contribution in [0.5, 0.6) is 0 Å². The molecule has 6 nitrogen and oxygen atoms in total. The quantitative estimate of drug-likeness (QED) is 0.881. The molecule has 1 N–H and O–H groups in total. The van der Waals surface area contributed by atoms with Crippen LogP contribution in [0.4, 0.5) is 0 Å². The van der Waals surface area contributed by atoms with E-state index in [0.29, 0.717) is 18.6 Å². The highest BCUT2D eigenvalue weighted by atomic mass is 16.5. The van der Waals surface area contributed by atoms with Gasteiger partial charge in [0.15, 0.2) is 5.76 Å². The Balaban J connectivity index is 2.20. The zero-order valence-corrected chi connectivity index (χ0v) is 11.5. The number of aryl methyl sites for hydroxylation is 1. The Labute approximate surface area is 112 Å². The minimum absolute atomic E-state index is 0.0499. The number of carbonyl (C=O) groups is 2. The molecule has 104 valence electrons. The Hall–Kier alpha value is -1.85. The van der Waals surface area contributed by atoms with Crippen LogP contribution in [-0.4, -0.2) is 34.0 Å². The fraction of sp³-hybridized carbons (Fsp3) is 0.615. The number of aromatic nitrogens is 1. The fourth-order valence-corrected chi connectivity index (χ4v) is 2.44. The van der Waals surface area contributed by atoms with E-state index in [2.05, 4.69) is 10.5 Å². The summed E-state index contributed by atoms with van der Waals surface area (Å²) in [6.07, 6.45) is 1.17. The van der Waals surface area contributed by atoms with E-state index in [0.717, 1.165) is 5.69 Å². The number of carbonyl (C=O) groups excluding carboxylic acids is 2. The molecule has 19 heavy (non-hydrogen) atoms. The molecular formula is C13H19N3O3. The van der Waals surface area contributed by atoms with Gasteiger partial charge in [-0.25, -0.2) is 0 Å². The molecule has 1 fully saturated rings. The fourth-order valence-electron chi connectivity index (χ4n) is 2.44. The summed E-state index contributed by atoms with van der Waals surface area (Å²) in [5, 5.41) is 6.61. The van der Waals surface area contributed by atoms with Gasteiger partial charge < -0.3 is 14.7 Å². The monoisotopic (exact) mass is 265 g/mol. The summed E-state index contributed by atoms with van der Waals surface area (Å²) in [5.41, 5.74) is -0.00845. The number of hydrogen-bond acceptors (Lipinski definition) is 4. The van der Waals surface area contributed by atoms with Crippen molar-refractivity contribution in [1.82, 2.24) is 15.4 Å². The number of nitrogens with zero attached hydrogens (tertiary/aromatic N) is 2. The van der Waals surface area contributed by atoms with Crippen LogP contribution in [0.2, 0.25) is 0 Å². The van der Waals surface area contributed by atoms with Crippen molar-refractivity contribution >= 4 is 11.8 Å². The molecule has 0 aromatic carbocycles. The Morgan fingerprint density at radius 1 is 1.42 bits per heavy atom. The third kappa shape index (κ3) is 2.47. The van der Waals surface area contributed by atoms with Crippen LogP contribution in [-0.2, 0) is 16.1 Å². The summed E-state index contributed by atoms with van der Waals surface area (Å²) in [6, 6.07) is 1.78. The van der Waals surface area contributed by atoms with Crippen LogP contribution in [0, 0.1) is 6.92 Å². The van der Waals surface area contributed by atoms with E-state index in [9.17, 15) is 9.59 Å².